The minimum Gasteiger partial charge on any atom is -0.504 e. The standard InChI is InChI=1S/C16H22N2O3/c1-2-7-17-8-10-18(11-9-17)16(21)6-4-13-3-5-14(19)15(20)12-13/h2-3,5,12,19-20H,1,4,6-11H2. The molecule has 21 heavy (non-hydrogen) atoms. The normalized spacial score (nSPS) is 15.9. The van der Waals surface area contributed by atoms with E-state index in [1.54, 1.807) is 6.07 Å². The Bertz CT molecular complexity index is 508. The Morgan fingerprint density at radius 2 is 1.90 bits per heavy atom. The summed E-state index contributed by atoms with van der Waals surface area (Å²) in [5.41, 5.74) is 0.851. The van der Waals surface area contributed by atoms with Gasteiger partial charge in [0, 0.05) is 39.1 Å². The molecule has 1 aliphatic rings. The highest BCUT2D eigenvalue weighted by Crippen LogP contribution is 2.25. The van der Waals surface area contributed by atoms with E-state index in [0.29, 0.717) is 12.8 Å². The Balaban J connectivity index is 1.79. The minimum atomic E-state index is -0.141. The van der Waals surface area contributed by atoms with E-state index in [9.17, 15) is 15.0 Å². The number of carbonyl (C=O) groups is 1. The molecule has 0 atom stereocenters. The van der Waals surface area contributed by atoms with Crippen molar-refractivity contribution in [3.63, 3.8) is 0 Å². The molecule has 5 heteroatoms. The Hall–Kier alpha value is -2.01. The summed E-state index contributed by atoms with van der Waals surface area (Å²) in [6, 6.07) is 4.68. The van der Waals surface area contributed by atoms with Crippen LogP contribution in [0, 0.1) is 0 Å². The predicted molar refractivity (Wildman–Crippen MR) is 81.3 cm³/mol. The van der Waals surface area contributed by atoms with Gasteiger partial charge in [-0.3, -0.25) is 9.69 Å². The summed E-state index contributed by atoms with van der Waals surface area (Å²) in [5.74, 6) is -0.137. The van der Waals surface area contributed by atoms with Crippen LogP contribution in [0.4, 0.5) is 0 Å². The van der Waals surface area contributed by atoms with Gasteiger partial charge in [-0.05, 0) is 24.1 Å². The molecule has 2 N–H and O–H groups in total. The fourth-order valence-electron chi connectivity index (χ4n) is 2.50. The quantitative estimate of drug-likeness (QED) is 0.635. The van der Waals surface area contributed by atoms with Gasteiger partial charge in [0.2, 0.25) is 5.91 Å². The number of nitrogens with zero attached hydrogens (tertiary/aromatic N) is 2. The van der Waals surface area contributed by atoms with Crippen LogP contribution in [0.3, 0.4) is 0 Å². The van der Waals surface area contributed by atoms with Gasteiger partial charge in [0.15, 0.2) is 11.5 Å². The van der Waals surface area contributed by atoms with Crippen molar-refractivity contribution in [2.45, 2.75) is 12.8 Å². The maximum Gasteiger partial charge on any atom is 0.222 e. The lowest BCUT2D eigenvalue weighted by molar-refractivity contribution is -0.132. The van der Waals surface area contributed by atoms with Gasteiger partial charge in [-0.25, -0.2) is 0 Å². The summed E-state index contributed by atoms with van der Waals surface area (Å²) in [6.45, 7) is 7.88. The Morgan fingerprint density at radius 1 is 1.19 bits per heavy atom. The molecule has 0 radical (unpaired) electrons. The van der Waals surface area contributed by atoms with Crippen LogP contribution in [0.2, 0.25) is 0 Å². The molecule has 0 aromatic heterocycles. The van der Waals surface area contributed by atoms with Crippen molar-refractivity contribution in [1.29, 1.82) is 0 Å². The van der Waals surface area contributed by atoms with Crippen LogP contribution < -0.4 is 0 Å². The molecule has 1 heterocycles. The maximum absolute atomic E-state index is 12.2. The molecule has 1 fully saturated rings. The number of rotatable bonds is 5. The first kappa shape index (κ1) is 15.4. The fourth-order valence-corrected chi connectivity index (χ4v) is 2.50. The molecule has 0 bridgehead atoms. The van der Waals surface area contributed by atoms with Crippen LogP contribution in [-0.4, -0.2) is 58.6 Å². The molecular formula is C16H22N2O3. The Labute approximate surface area is 125 Å². The number of phenolic OH excluding ortho intramolecular Hbond substituents is 2. The Kier molecular flexibility index (Phi) is 5.22. The molecule has 0 aliphatic carbocycles. The van der Waals surface area contributed by atoms with Crippen LogP contribution in [0.5, 0.6) is 11.5 Å². The number of aryl methyl sites for hydroxylation is 1. The third-order valence-electron chi connectivity index (χ3n) is 3.78. The summed E-state index contributed by atoms with van der Waals surface area (Å²) >= 11 is 0. The van der Waals surface area contributed by atoms with E-state index in [4.69, 9.17) is 0 Å². The number of carbonyl (C=O) groups excluding carboxylic acids is 1. The molecule has 1 saturated heterocycles. The van der Waals surface area contributed by atoms with Gasteiger partial charge in [0.25, 0.3) is 0 Å². The summed E-state index contributed by atoms with van der Waals surface area (Å²) in [7, 11) is 0. The molecule has 0 spiro atoms. The van der Waals surface area contributed by atoms with E-state index in [2.05, 4.69) is 11.5 Å². The van der Waals surface area contributed by atoms with Crippen LogP contribution in [0.15, 0.2) is 30.9 Å². The zero-order valence-electron chi connectivity index (χ0n) is 12.2. The van der Waals surface area contributed by atoms with Crippen molar-refractivity contribution in [2.75, 3.05) is 32.7 Å². The van der Waals surface area contributed by atoms with Gasteiger partial charge in [0.1, 0.15) is 0 Å². The lowest BCUT2D eigenvalue weighted by Crippen LogP contribution is -2.48. The van der Waals surface area contributed by atoms with E-state index in [-0.39, 0.29) is 17.4 Å². The van der Waals surface area contributed by atoms with Gasteiger partial charge in [0.05, 0.1) is 0 Å². The molecule has 114 valence electrons. The van der Waals surface area contributed by atoms with E-state index < -0.39 is 0 Å². The van der Waals surface area contributed by atoms with Gasteiger partial charge >= 0.3 is 0 Å². The highest BCUT2D eigenvalue weighted by molar-refractivity contribution is 5.76. The maximum atomic E-state index is 12.2. The molecule has 1 aromatic rings. The van der Waals surface area contributed by atoms with Gasteiger partial charge < -0.3 is 15.1 Å². The summed E-state index contributed by atoms with van der Waals surface area (Å²) < 4.78 is 0. The number of piperazine rings is 1. The first-order chi connectivity index (χ1) is 10.1. The van der Waals surface area contributed by atoms with Crippen LogP contribution in [-0.2, 0) is 11.2 Å². The Morgan fingerprint density at radius 3 is 2.52 bits per heavy atom. The second kappa shape index (κ2) is 7.13. The fraction of sp³-hybridized carbons (Fsp3) is 0.438. The van der Waals surface area contributed by atoms with E-state index in [0.717, 1.165) is 38.3 Å². The summed E-state index contributed by atoms with van der Waals surface area (Å²) in [4.78, 5) is 16.3. The molecule has 1 aromatic carbocycles. The zero-order valence-corrected chi connectivity index (χ0v) is 12.2. The highest BCUT2D eigenvalue weighted by atomic mass is 16.3. The molecule has 5 nitrogen and oxygen atoms in total. The summed E-state index contributed by atoms with van der Waals surface area (Å²) in [5, 5.41) is 18.7. The summed E-state index contributed by atoms with van der Waals surface area (Å²) in [6.07, 6.45) is 2.87. The van der Waals surface area contributed by atoms with Crippen molar-refractivity contribution >= 4 is 5.91 Å². The van der Waals surface area contributed by atoms with Gasteiger partial charge in [-0.1, -0.05) is 12.1 Å². The largest absolute Gasteiger partial charge is 0.504 e. The molecular weight excluding hydrogens is 268 g/mol. The highest BCUT2D eigenvalue weighted by Gasteiger charge is 2.20. The van der Waals surface area contributed by atoms with Crippen molar-refractivity contribution in [3.8, 4) is 11.5 Å². The van der Waals surface area contributed by atoms with E-state index >= 15 is 0 Å². The average Bonchev–Trinajstić information content (AvgIpc) is 2.49. The van der Waals surface area contributed by atoms with Gasteiger partial charge in [-0.2, -0.15) is 0 Å². The topological polar surface area (TPSA) is 64.0 Å². The first-order valence-electron chi connectivity index (χ1n) is 7.22. The lowest BCUT2D eigenvalue weighted by Gasteiger charge is -2.34. The molecule has 0 saturated carbocycles. The van der Waals surface area contributed by atoms with Crippen LogP contribution in [0.1, 0.15) is 12.0 Å². The number of phenols is 2. The monoisotopic (exact) mass is 290 g/mol. The number of hydrogen-bond donors (Lipinski definition) is 2. The second-order valence-electron chi connectivity index (χ2n) is 5.29. The van der Waals surface area contributed by atoms with E-state index in [1.165, 1.54) is 12.1 Å². The smallest absolute Gasteiger partial charge is 0.222 e. The van der Waals surface area contributed by atoms with Crippen molar-refractivity contribution in [2.24, 2.45) is 0 Å². The average molecular weight is 290 g/mol. The van der Waals surface area contributed by atoms with Crippen molar-refractivity contribution in [3.05, 3.63) is 36.4 Å². The zero-order chi connectivity index (χ0) is 15.2. The second-order valence-corrected chi connectivity index (χ2v) is 5.29. The first-order valence-corrected chi connectivity index (χ1v) is 7.22. The SMILES string of the molecule is C=CCN1CCN(C(=O)CCc2ccc(O)c(O)c2)CC1. The molecule has 2 rings (SSSR count). The minimum absolute atomic E-state index is 0.136. The number of hydrogen-bond acceptors (Lipinski definition) is 4. The predicted octanol–water partition coefficient (Wildman–Crippen LogP) is 1.36. The van der Waals surface area contributed by atoms with E-state index in [1.807, 2.05) is 11.0 Å². The number of amides is 1. The number of benzene rings is 1. The molecule has 1 amide bonds. The molecule has 0 unspecified atom stereocenters. The van der Waals surface area contributed by atoms with Gasteiger partial charge in [-0.15, -0.1) is 6.58 Å². The van der Waals surface area contributed by atoms with Crippen LogP contribution in [0.25, 0.3) is 0 Å². The van der Waals surface area contributed by atoms with Crippen molar-refractivity contribution in [1.82, 2.24) is 9.80 Å². The lowest BCUT2D eigenvalue weighted by atomic mass is 10.1. The van der Waals surface area contributed by atoms with Crippen molar-refractivity contribution < 1.29 is 15.0 Å². The number of aromatic hydroxyl groups is 2. The third kappa shape index (κ3) is 4.23. The van der Waals surface area contributed by atoms with Crippen LogP contribution >= 0.6 is 0 Å². The molecule has 1 aliphatic heterocycles. The third-order valence-corrected chi connectivity index (χ3v) is 3.78.